The van der Waals surface area contributed by atoms with Crippen molar-refractivity contribution in [2.45, 2.75) is 78.6 Å². The van der Waals surface area contributed by atoms with Crippen molar-refractivity contribution in [3.63, 3.8) is 0 Å². The molecule has 2 heterocycles. The van der Waals surface area contributed by atoms with Crippen molar-refractivity contribution in [2.24, 2.45) is 5.92 Å². The van der Waals surface area contributed by atoms with E-state index in [9.17, 15) is 32.7 Å². The maximum Gasteiger partial charge on any atom is 0.416 e. The lowest BCUT2D eigenvalue weighted by molar-refractivity contribution is -0.139. The number of alkyl halides is 3. The van der Waals surface area contributed by atoms with Gasteiger partial charge in [-0.1, -0.05) is 19.9 Å². The maximum absolute atomic E-state index is 15.9. The van der Waals surface area contributed by atoms with Crippen LogP contribution >= 0.6 is 0 Å². The molecule has 1 unspecified atom stereocenters. The highest BCUT2D eigenvalue weighted by atomic mass is 19.4. The summed E-state index contributed by atoms with van der Waals surface area (Å²) in [5.74, 6) is -2.39. The minimum absolute atomic E-state index is 0.0210. The normalized spacial score (nSPS) is 14.8. The van der Waals surface area contributed by atoms with Gasteiger partial charge in [0.05, 0.1) is 25.1 Å². The smallest absolute Gasteiger partial charge is 0.416 e. The van der Waals surface area contributed by atoms with Gasteiger partial charge >= 0.3 is 12.1 Å². The third kappa shape index (κ3) is 8.26. The summed E-state index contributed by atoms with van der Waals surface area (Å²) < 4.78 is 64.4. The molecule has 2 N–H and O–H groups in total. The number of benzene rings is 2. The molecule has 0 aliphatic carbocycles. The Morgan fingerprint density at radius 1 is 1.06 bits per heavy atom. The summed E-state index contributed by atoms with van der Waals surface area (Å²) in [6.45, 7) is 10.8. The Bertz CT molecular complexity index is 1730. The predicted molar refractivity (Wildman–Crippen MR) is 175 cm³/mol. The van der Waals surface area contributed by atoms with Crippen molar-refractivity contribution >= 4 is 11.9 Å². The molecular formula is C36H43F4N3O5. The van der Waals surface area contributed by atoms with Gasteiger partial charge in [-0.3, -0.25) is 14.4 Å². The van der Waals surface area contributed by atoms with Gasteiger partial charge in [0.15, 0.2) is 0 Å². The highest BCUT2D eigenvalue weighted by Crippen LogP contribution is 2.37. The lowest BCUT2D eigenvalue weighted by Crippen LogP contribution is -2.41. The number of aliphatic carboxylic acids is 1. The minimum Gasteiger partial charge on any atom is -0.496 e. The molecule has 2 atom stereocenters. The molecule has 0 bridgehead atoms. The molecule has 1 amide bonds. The predicted octanol–water partition coefficient (Wildman–Crippen LogP) is 6.77. The molecule has 1 aliphatic rings. The van der Waals surface area contributed by atoms with Gasteiger partial charge in [0.1, 0.15) is 17.6 Å². The lowest BCUT2D eigenvalue weighted by Gasteiger charge is -2.31. The van der Waals surface area contributed by atoms with Gasteiger partial charge in [-0.05, 0) is 111 Å². The number of rotatable bonds is 13. The second-order valence-electron chi connectivity index (χ2n) is 13.0. The topological polar surface area (TPSA) is 101 Å². The average molecular weight is 674 g/mol. The molecule has 1 aliphatic heterocycles. The Labute approximate surface area is 277 Å². The minimum atomic E-state index is -4.77. The lowest BCUT2D eigenvalue weighted by atomic mass is 9.90. The van der Waals surface area contributed by atoms with E-state index in [1.807, 2.05) is 30.9 Å². The van der Waals surface area contributed by atoms with Crippen LogP contribution < -0.4 is 15.6 Å². The van der Waals surface area contributed by atoms with Crippen LogP contribution in [0.15, 0.2) is 41.3 Å². The third-order valence-corrected chi connectivity index (χ3v) is 8.93. The quantitative estimate of drug-likeness (QED) is 0.194. The van der Waals surface area contributed by atoms with Crippen LogP contribution in [0.2, 0.25) is 0 Å². The van der Waals surface area contributed by atoms with Crippen molar-refractivity contribution < 1.29 is 37.0 Å². The molecule has 3 aromatic rings. The number of nitrogens with one attached hydrogen (secondary N) is 1. The molecule has 12 heteroatoms. The van der Waals surface area contributed by atoms with Crippen molar-refractivity contribution in [3.8, 4) is 16.9 Å². The Kier molecular flexibility index (Phi) is 11.4. The molecule has 1 fully saturated rings. The molecule has 2 aromatic carbocycles. The monoisotopic (exact) mass is 673 g/mol. The van der Waals surface area contributed by atoms with Crippen LogP contribution in [0.25, 0.3) is 11.1 Å². The van der Waals surface area contributed by atoms with Crippen LogP contribution in [-0.4, -0.2) is 53.2 Å². The fraction of sp³-hybridized carbons (Fsp3) is 0.472. The number of aryl methyl sites for hydroxylation is 2. The highest BCUT2D eigenvalue weighted by molar-refractivity contribution is 5.82. The van der Waals surface area contributed by atoms with Gasteiger partial charge in [0.25, 0.3) is 5.56 Å². The van der Waals surface area contributed by atoms with E-state index in [-0.39, 0.29) is 35.4 Å². The summed E-state index contributed by atoms with van der Waals surface area (Å²) >= 11 is 0. The number of aromatic nitrogens is 1. The van der Waals surface area contributed by atoms with Crippen LogP contribution in [-0.2, 0) is 22.2 Å². The first-order valence-corrected chi connectivity index (χ1v) is 16.0. The molecule has 0 saturated carbocycles. The molecule has 8 nitrogen and oxygen atoms in total. The highest BCUT2D eigenvalue weighted by Gasteiger charge is 2.36. The standard InChI is InChI=1S/C36H43F4N3O5/c1-20(2)14-29(43-19-24(10-13-42-11-7-12-42)27(17-31(43)44)36(38,39)40)35(47)41-28(18-32(45)46)26-16-25(15-22(4)34(26)37)33-21(3)8-9-30(48-6)23(33)5/h8-9,15-17,19-20,28-29H,7,10-14,18H2,1-6H3,(H,41,47)(H,45,46)/t28?,29-/m0/s1. The van der Waals surface area contributed by atoms with Crippen LogP contribution in [0, 0.1) is 32.5 Å². The molecule has 0 radical (unpaired) electrons. The van der Waals surface area contributed by atoms with Gasteiger partial charge in [-0.25, -0.2) is 4.39 Å². The first-order valence-electron chi connectivity index (χ1n) is 16.0. The van der Waals surface area contributed by atoms with Crippen molar-refractivity contribution in [1.82, 2.24) is 14.8 Å². The molecular weight excluding hydrogens is 630 g/mol. The van der Waals surface area contributed by atoms with Gasteiger partial charge in [0, 0.05) is 24.4 Å². The van der Waals surface area contributed by atoms with E-state index < -0.39 is 53.5 Å². The fourth-order valence-electron chi connectivity index (χ4n) is 6.35. The molecule has 1 aromatic heterocycles. The van der Waals surface area contributed by atoms with Crippen LogP contribution in [0.1, 0.15) is 78.6 Å². The number of hydrogen-bond acceptors (Lipinski definition) is 5. The Morgan fingerprint density at radius 3 is 2.31 bits per heavy atom. The first kappa shape index (κ1) is 36.6. The summed E-state index contributed by atoms with van der Waals surface area (Å²) in [5.41, 5.74) is 0.984. The second-order valence-corrected chi connectivity index (χ2v) is 13.0. The number of carboxylic acids is 1. The van der Waals surface area contributed by atoms with E-state index in [2.05, 4.69) is 5.32 Å². The third-order valence-electron chi connectivity index (χ3n) is 8.93. The number of likely N-dealkylation sites (tertiary alicyclic amines) is 1. The number of pyridine rings is 1. The first-order chi connectivity index (χ1) is 22.5. The van der Waals surface area contributed by atoms with Crippen LogP contribution in [0.5, 0.6) is 5.75 Å². The number of methoxy groups -OCH3 is 1. The van der Waals surface area contributed by atoms with Gasteiger partial charge in [0.2, 0.25) is 5.91 Å². The fourth-order valence-corrected chi connectivity index (χ4v) is 6.35. The van der Waals surface area contributed by atoms with E-state index in [1.54, 1.807) is 19.9 Å². The summed E-state index contributed by atoms with van der Waals surface area (Å²) in [6.07, 6.45) is -3.31. The van der Waals surface area contributed by atoms with Crippen LogP contribution in [0.4, 0.5) is 17.6 Å². The van der Waals surface area contributed by atoms with E-state index in [0.717, 1.165) is 47.0 Å². The van der Waals surface area contributed by atoms with E-state index in [4.69, 9.17) is 4.74 Å². The number of halogens is 4. The summed E-state index contributed by atoms with van der Waals surface area (Å²) in [4.78, 5) is 41.3. The number of amides is 1. The van der Waals surface area contributed by atoms with E-state index in [0.29, 0.717) is 23.9 Å². The number of carbonyl (C=O) groups is 2. The van der Waals surface area contributed by atoms with Crippen molar-refractivity contribution in [3.05, 3.63) is 86.1 Å². The SMILES string of the molecule is COc1ccc(C)c(-c2cc(C)c(F)c(C(CC(=O)O)NC(=O)[C@H](CC(C)C)n3cc(CCN4CCC4)c(C(F)(F)F)cc3=O)c2)c1C. The molecule has 48 heavy (non-hydrogen) atoms. The number of carbonyl (C=O) groups excluding carboxylic acids is 1. The second kappa shape index (κ2) is 14.9. The summed E-state index contributed by atoms with van der Waals surface area (Å²) in [7, 11) is 1.53. The van der Waals surface area contributed by atoms with Crippen molar-refractivity contribution in [1.29, 1.82) is 0 Å². The summed E-state index contributed by atoms with van der Waals surface area (Å²) in [6, 6.07) is 4.68. The van der Waals surface area contributed by atoms with E-state index >= 15 is 4.39 Å². The average Bonchev–Trinajstić information content (AvgIpc) is 2.96. The van der Waals surface area contributed by atoms with Gasteiger partial charge in [-0.15, -0.1) is 0 Å². The number of nitrogens with zero attached hydrogens (tertiary/aromatic N) is 2. The maximum atomic E-state index is 15.9. The Morgan fingerprint density at radius 2 is 1.75 bits per heavy atom. The van der Waals surface area contributed by atoms with Crippen LogP contribution in [0.3, 0.4) is 0 Å². The van der Waals surface area contributed by atoms with Crippen molar-refractivity contribution in [2.75, 3.05) is 26.7 Å². The summed E-state index contributed by atoms with van der Waals surface area (Å²) in [5, 5.41) is 12.5. The van der Waals surface area contributed by atoms with Gasteiger partial charge in [-0.2, -0.15) is 13.2 Å². The Balaban J connectivity index is 1.78. The number of carboxylic acid groups (broad SMARTS) is 1. The Hall–Kier alpha value is -4.19. The largest absolute Gasteiger partial charge is 0.496 e. The molecule has 260 valence electrons. The zero-order chi connectivity index (χ0) is 35.5. The number of hydrogen-bond donors (Lipinski definition) is 2. The van der Waals surface area contributed by atoms with Gasteiger partial charge < -0.3 is 24.6 Å². The van der Waals surface area contributed by atoms with E-state index in [1.165, 1.54) is 20.1 Å². The molecule has 0 spiro atoms. The zero-order valence-electron chi connectivity index (χ0n) is 28.1. The molecule has 1 saturated heterocycles. The zero-order valence-corrected chi connectivity index (χ0v) is 28.1. The number of ether oxygens (including phenoxy) is 1. The molecule has 4 rings (SSSR count).